The number of methoxy groups -OCH3 is 1. The van der Waals surface area contributed by atoms with Gasteiger partial charge in [0.1, 0.15) is 6.11 Å². The monoisotopic (exact) mass is 90.0 g/mol. The maximum atomic E-state index is 4.82. The topological polar surface area (TPSA) is 9.23 Å². The van der Waals surface area contributed by atoms with E-state index in [0.29, 0.717) is 0 Å². The molecule has 2 heteroatoms. The predicted octanol–water partition coefficient (Wildman–Crippen LogP) is 0.790. The van der Waals surface area contributed by atoms with E-state index in [4.69, 9.17) is 11.6 Å². The summed E-state index contributed by atoms with van der Waals surface area (Å²) in [6.07, 6.45) is 2.13. The summed E-state index contributed by atoms with van der Waals surface area (Å²) in [5.74, 6) is 0. The summed E-state index contributed by atoms with van der Waals surface area (Å²) in [6, 6.07) is 0. The van der Waals surface area contributed by atoms with Crippen LogP contribution in [0.25, 0.3) is 0 Å². The molecule has 0 N–H and O–H groups in total. The molecule has 0 saturated heterocycles. The van der Waals surface area contributed by atoms with Crippen molar-refractivity contribution in [2.24, 2.45) is 0 Å². The van der Waals surface area contributed by atoms with E-state index in [-0.39, 0.29) is 0 Å². The van der Waals surface area contributed by atoms with Gasteiger partial charge in [0, 0.05) is 5.38 Å². The van der Waals surface area contributed by atoms with Crippen molar-refractivity contribution in [1.29, 1.82) is 0 Å². The molecule has 0 atom stereocenters. The summed E-state index contributed by atoms with van der Waals surface area (Å²) in [7, 11) is 1.45. The molecule has 0 unspecified atom stereocenters. The van der Waals surface area contributed by atoms with E-state index in [9.17, 15) is 0 Å². The molecule has 0 aromatic heterocycles. The second-order valence-corrected chi connectivity index (χ2v) is 0.590. The summed E-state index contributed by atoms with van der Waals surface area (Å²) >= 11 is 4.82. The van der Waals surface area contributed by atoms with Crippen molar-refractivity contribution in [2.75, 3.05) is 7.11 Å². The predicted molar refractivity (Wildman–Crippen MR) is 20.6 cm³/mol. The number of rotatable bonds is 0. The maximum Gasteiger partial charge on any atom is 0.127 e. The van der Waals surface area contributed by atoms with Gasteiger partial charge in [0.15, 0.2) is 0 Å². The number of ether oxygens (including phenoxy) is 1. The third-order valence-electron chi connectivity index (χ3n) is 0.141. The molecule has 0 aromatic rings. The van der Waals surface area contributed by atoms with Gasteiger partial charge in [-0.15, -0.1) is 0 Å². The molecular formula is C3H3ClO. The minimum atomic E-state index is 1.45. The van der Waals surface area contributed by atoms with E-state index in [1.807, 2.05) is 5.38 Å². The average molecular weight is 90.5 g/mol. The van der Waals surface area contributed by atoms with Crippen LogP contribution in [0.15, 0.2) is 0 Å². The molecule has 0 aliphatic heterocycles. The molecule has 0 bridgehead atoms. The largest absolute Gasteiger partial charge is 0.449 e. The Morgan fingerprint density at radius 3 is 2.40 bits per heavy atom. The van der Waals surface area contributed by atoms with Crippen molar-refractivity contribution in [2.45, 2.75) is 0 Å². The van der Waals surface area contributed by atoms with Gasteiger partial charge in [0.2, 0.25) is 0 Å². The highest BCUT2D eigenvalue weighted by Gasteiger charge is 1.45. The van der Waals surface area contributed by atoms with Gasteiger partial charge in [-0.2, -0.15) is 0 Å². The van der Waals surface area contributed by atoms with Crippen molar-refractivity contribution >= 4 is 11.6 Å². The van der Waals surface area contributed by atoms with Crippen LogP contribution in [0.5, 0.6) is 0 Å². The Labute approximate surface area is 35.9 Å². The first-order chi connectivity index (χ1) is 2.41. The lowest BCUT2D eigenvalue weighted by atomic mass is 11.3. The first-order valence-electron chi connectivity index (χ1n) is 1.05. The molecule has 0 spiro atoms. The molecule has 0 aliphatic rings. The molecule has 28 valence electrons. The Morgan fingerprint density at radius 2 is 2.40 bits per heavy atom. The second kappa shape index (κ2) is 3.65. The molecule has 0 radical (unpaired) electrons. The summed E-state index contributed by atoms with van der Waals surface area (Å²) in [4.78, 5) is 0. The lowest BCUT2D eigenvalue weighted by Crippen LogP contribution is -1.58. The highest BCUT2D eigenvalue weighted by atomic mass is 35.5. The average Bonchev–Trinajstić information content (AvgIpc) is 1.41. The van der Waals surface area contributed by atoms with Crippen LogP contribution >= 0.6 is 11.6 Å². The van der Waals surface area contributed by atoms with Crippen molar-refractivity contribution in [3.63, 3.8) is 0 Å². The molecule has 0 fully saturated rings. The molecule has 0 saturated carbocycles. The lowest BCUT2D eigenvalue weighted by molar-refractivity contribution is 0.372. The Balaban J connectivity index is 2.81. The molecule has 0 aliphatic carbocycles. The first-order valence-corrected chi connectivity index (χ1v) is 1.43. The number of halogens is 1. The fourth-order valence-corrected chi connectivity index (χ4v) is 0.116. The Bertz CT molecular complexity index is 59.0. The molecule has 0 amide bonds. The standard InChI is InChI=1S/C3H3ClO/c1-5-3-2-4/h1H3. The number of hydrogen-bond donors (Lipinski definition) is 0. The van der Waals surface area contributed by atoms with Gasteiger partial charge in [-0.25, -0.2) is 0 Å². The van der Waals surface area contributed by atoms with Gasteiger partial charge < -0.3 is 4.74 Å². The second-order valence-electron chi connectivity index (χ2n) is 0.401. The van der Waals surface area contributed by atoms with Crippen LogP contribution in [0, 0.1) is 11.5 Å². The van der Waals surface area contributed by atoms with E-state index in [1.54, 1.807) is 0 Å². The van der Waals surface area contributed by atoms with Crippen LogP contribution in [-0.4, -0.2) is 7.11 Å². The summed E-state index contributed by atoms with van der Waals surface area (Å²) in [5, 5.41) is 2.02. The van der Waals surface area contributed by atoms with Crippen LogP contribution in [0.2, 0.25) is 0 Å². The summed E-state index contributed by atoms with van der Waals surface area (Å²) in [6.45, 7) is 0. The smallest absolute Gasteiger partial charge is 0.127 e. The Hall–Kier alpha value is -0.350. The summed E-state index contributed by atoms with van der Waals surface area (Å²) < 4.78 is 4.20. The van der Waals surface area contributed by atoms with Gasteiger partial charge in [-0.05, 0) is 11.6 Å². The quantitative estimate of drug-likeness (QED) is 0.400. The number of hydrogen-bond acceptors (Lipinski definition) is 1. The van der Waals surface area contributed by atoms with Crippen molar-refractivity contribution in [3.05, 3.63) is 0 Å². The van der Waals surface area contributed by atoms with Crippen LogP contribution < -0.4 is 0 Å². The van der Waals surface area contributed by atoms with Crippen LogP contribution in [0.4, 0.5) is 0 Å². The zero-order valence-corrected chi connectivity index (χ0v) is 3.54. The first kappa shape index (κ1) is 4.65. The van der Waals surface area contributed by atoms with Crippen molar-refractivity contribution in [3.8, 4) is 11.5 Å². The zero-order chi connectivity index (χ0) is 4.12. The normalized spacial score (nSPS) is 4.40. The Kier molecular flexibility index (Phi) is 3.39. The van der Waals surface area contributed by atoms with Crippen LogP contribution in [0.1, 0.15) is 0 Å². The molecule has 1 nitrogen and oxygen atoms in total. The molecule has 0 aromatic carbocycles. The van der Waals surface area contributed by atoms with E-state index in [0.717, 1.165) is 0 Å². The van der Waals surface area contributed by atoms with Crippen LogP contribution in [0.3, 0.4) is 0 Å². The van der Waals surface area contributed by atoms with Gasteiger partial charge >= 0.3 is 0 Å². The maximum absolute atomic E-state index is 4.82. The van der Waals surface area contributed by atoms with Crippen molar-refractivity contribution in [1.82, 2.24) is 0 Å². The molecular weight excluding hydrogens is 87.5 g/mol. The highest BCUT2D eigenvalue weighted by Crippen LogP contribution is 1.60. The SMILES string of the molecule is COC#CCl. The van der Waals surface area contributed by atoms with Crippen LogP contribution in [-0.2, 0) is 4.74 Å². The molecule has 0 heterocycles. The van der Waals surface area contributed by atoms with Gasteiger partial charge in [-0.1, -0.05) is 0 Å². The highest BCUT2D eigenvalue weighted by molar-refractivity contribution is 6.30. The molecule has 5 heavy (non-hydrogen) atoms. The molecule has 0 rings (SSSR count). The Morgan fingerprint density at radius 1 is 1.80 bits per heavy atom. The van der Waals surface area contributed by atoms with Gasteiger partial charge in [0.25, 0.3) is 0 Å². The minimum Gasteiger partial charge on any atom is -0.449 e. The fourth-order valence-electron chi connectivity index (χ4n) is 0.0386. The van der Waals surface area contributed by atoms with Gasteiger partial charge in [0.05, 0.1) is 7.11 Å². The third kappa shape index (κ3) is 3.65. The lowest BCUT2D eigenvalue weighted by Gasteiger charge is -1.68. The summed E-state index contributed by atoms with van der Waals surface area (Å²) in [5.41, 5.74) is 0. The fraction of sp³-hybridized carbons (Fsp3) is 0.333. The van der Waals surface area contributed by atoms with E-state index >= 15 is 0 Å². The van der Waals surface area contributed by atoms with Gasteiger partial charge in [-0.3, -0.25) is 0 Å². The third-order valence-corrected chi connectivity index (χ3v) is 0.218. The van der Waals surface area contributed by atoms with E-state index in [2.05, 4.69) is 10.8 Å². The minimum absolute atomic E-state index is 1.45. The van der Waals surface area contributed by atoms with Crippen molar-refractivity contribution < 1.29 is 4.74 Å². The zero-order valence-electron chi connectivity index (χ0n) is 2.79. The van der Waals surface area contributed by atoms with E-state index < -0.39 is 0 Å². The van der Waals surface area contributed by atoms with E-state index in [1.165, 1.54) is 7.11 Å².